The third-order valence-electron chi connectivity index (χ3n) is 6.08. The minimum Gasteiger partial charge on any atom is -0.327 e. The lowest BCUT2D eigenvalue weighted by Gasteiger charge is -2.20. The van der Waals surface area contributed by atoms with Gasteiger partial charge in [-0.15, -0.1) is 0 Å². The first kappa shape index (κ1) is 18.5. The van der Waals surface area contributed by atoms with Crippen LogP contribution in [0.3, 0.4) is 0 Å². The molecule has 2 heterocycles. The number of imidazole rings is 1. The van der Waals surface area contributed by atoms with Crippen LogP contribution in [0.5, 0.6) is 0 Å². The number of carbonyl (C=O) groups excluding carboxylic acids is 1. The highest BCUT2D eigenvalue weighted by Crippen LogP contribution is 2.27. The van der Waals surface area contributed by atoms with Gasteiger partial charge in [-0.05, 0) is 63.4 Å². The number of hydrogen-bond donors (Lipinski definition) is 1. The minimum absolute atomic E-state index is 0.179. The van der Waals surface area contributed by atoms with Crippen molar-refractivity contribution in [1.82, 2.24) is 14.5 Å². The highest BCUT2D eigenvalue weighted by Gasteiger charge is 2.22. The zero-order chi connectivity index (χ0) is 18.6. The summed E-state index contributed by atoms with van der Waals surface area (Å²) in [5, 5.41) is 3.14. The Morgan fingerprint density at radius 2 is 1.93 bits per heavy atom. The molecule has 1 saturated heterocycles. The zero-order valence-corrected chi connectivity index (χ0v) is 16.5. The molecule has 0 unspecified atom stereocenters. The molecule has 5 heteroatoms. The van der Waals surface area contributed by atoms with Gasteiger partial charge < -0.3 is 9.88 Å². The number of aromatic nitrogens is 2. The number of nitrogens with one attached hydrogen (secondary N) is 1. The largest absolute Gasteiger partial charge is 0.327 e. The average molecular weight is 369 g/mol. The second kappa shape index (κ2) is 8.42. The van der Waals surface area contributed by atoms with E-state index in [2.05, 4.69) is 33.8 Å². The number of aryl methyl sites for hydroxylation is 1. The molecule has 0 atom stereocenters. The molecule has 1 aliphatic heterocycles. The van der Waals surface area contributed by atoms with E-state index < -0.39 is 0 Å². The summed E-state index contributed by atoms with van der Waals surface area (Å²) in [6, 6.07) is 6.22. The van der Waals surface area contributed by atoms with Gasteiger partial charge in [0.1, 0.15) is 5.82 Å². The van der Waals surface area contributed by atoms with Gasteiger partial charge in [-0.25, -0.2) is 4.98 Å². The Morgan fingerprint density at radius 3 is 2.67 bits per heavy atom. The van der Waals surface area contributed by atoms with Crippen LogP contribution < -0.4 is 5.32 Å². The molecule has 2 fully saturated rings. The van der Waals surface area contributed by atoms with Crippen molar-refractivity contribution in [2.75, 3.05) is 18.4 Å². The molecule has 2 aromatic rings. The van der Waals surface area contributed by atoms with Crippen LogP contribution in [0.1, 0.15) is 64.1 Å². The number of benzene rings is 1. The molecule has 2 aliphatic rings. The van der Waals surface area contributed by atoms with Crippen molar-refractivity contribution in [1.29, 1.82) is 0 Å². The third-order valence-corrected chi connectivity index (χ3v) is 6.08. The molecule has 1 aromatic heterocycles. The van der Waals surface area contributed by atoms with Gasteiger partial charge in [0.15, 0.2) is 0 Å². The van der Waals surface area contributed by atoms with Gasteiger partial charge in [-0.2, -0.15) is 0 Å². The number of carbonyl (C=O) groups is 1. The molecule has 1 saturated carbocycles. The van der Waals surface area contributed by atoms with Gasteiger partial charge >= 0.3 is 0 Å². The van der Waals surface area contributed by atoms with E-state index in [9.17, 15) is 4.79 Å². The highest BCUT2D eigenvalue weighted by molar-refractivity contribution is 5.94. The van der Waals surface area contributed by atoms with Crippen molar-refractivity contribution in [3.63, 3.8) is 0 Å². The van der Waals surface area contributed by atoms with E-state index in [1.807, 2.05) is 6.07 Å². The minimum atomic E-state index is 0.179. The molecule has 0 bridgehead atoms. The molecule has 146 valence electrons. The van der Waals surface area contributed by atoms with Gasteiger partial charge in [0.25, 0.3) is 0 Å². The van der Waals surface area contributed by atoms with Crippen molar-refractivity contribution in [3.8, 4) is 0 Å². The van der Waals surface area contributed by atoms with Crippen LogP contribution in [0.2, 0.25) is 0 Å². The van der Waals surface area contributed by atoms with E-state index in [4.69, 9.17) is 4.98 Å². The molecule has 1 N–H and O–H groups in total. The Labute approximate surface area is 162 Å². The summed E-state index contributed by atoms with van der Waals surface area (Å²) in [6.45, 7) is 6.49. The van der Waals surface area contributed by atoms with Crippen molar-refractivity contribution in [2.45, 2.75) is 71.4 Å². The second-order valence-electron chi connectivity index (χ2n) is 8.19. The topological polar surface area (TPSA) is 50.2 Å². The Balaban J connectivity index is 1.54. The summed E-state index contributed by atoms with van der Waals surface area (Å²) in [5.41, 5.74) is 3.06. The molecule has 27 heavy (non-hydrogen) atoms. The summed E-state index contributed by atoms with van der Waals surface area (Å²) < 4.78 is 2.36. The molecule has 1 amide bonds. The maximum absolute atomic E-state index is 12.6. The molecule has 1 aliphatic carbocycles. The van der Waals surface area contributed by atoms with Crippen LogP contribution in [0.15, 0.2) is 18.2 Å². The number of rotatable bonds is 6. The molecular weight excluding hydrogens is 336 g/mol. The fraction of sp³-hybridized carbons (Fsp3) is 0.636. The Morgan fingerprint density at radius 1 is 1.15 bits per heavy atom. The SMILES string of the molecule is CCCn1c(CN2CCCC2)nc2cc(NC(=O)C3CCCCC3)ccc21. The molecule has 0 radical (unpaired) electrons. The first-order chi connectivity index (χ1) is 13.2. The normalized spacial score (nSPS) is 19.0. The van der Waals surface area contributed by atoms with Crippen molar-refractivity contribution < 1.29 is 4.79 Å². The van der Waals surface area contributed by atoms with Gasteiger partial charge in [-0.1, -0.05) is 26.2 Å². The van der Waals surface area contributed by atoms with Crippen LogP contribution in [0, 0.1) is 5.92 Å². The fourth-order valence-electron chi connectivity index (χ4n) is 4.60. The number of likely N-dealkylation sites (tertiary alicyclic amines) is 1. The van der Waals surface area contributed by atoms with E-state index >= 15 is 0 Å². The zero-order valence-electron chi connectivity index (χ0n) is 16.5. The monoisotopic (exact) mass is 368 g/mol. The molecule has 5 nitrogen and oxygen atoms in total. The van der Waals surface area contributed by atoms with Crippen LogP contribution in [-0.4, -0.2) is 33.4 Å². The van der Waals surface area contributed by atoms with E-state index in [-0.39, 0.29) is 11.8 Å². The molecular formula is C22H32N4O. The quantitative estimate of drug-likeness (QED) is 0.813. The number of amides is 1. The third kappa shape index (κ3) is 4.18. The number of nitrogens with zero attached hydrogens (tertiary/aromatic N) is 3. The Bertz CT molecular complexity index is 785. The van der Waals surface area contributed by atoms with E-state index in [0.29, 0.717) is 0 Å². The first-order valence-electron chi connectivity index (χ1n) is 10.8. The smallest absolute Gasteiger partial charge is 0.227 e. The number of fused-ring (bicyclic) bond motifs is 1. The standard InChI is InChI=1S/C22H32N4O/c1-2-12-26-20-11-10-18(23-22(27)17-8-4-3-5-9-17)15-19(20)24-21(26)16-25-13-6-7-14-25/h10-11,15,17H,2-9,12-14,16H2,1H3,(H,23,27). The van der Waals surface area contributed by atoms with E-state index in [1.165, 1.54) is 50.7 Å². The number of hydrogen-bond acceptors (Lipinski definition) is 3. The fourth-order valence-corrected chi connectivity index (χ4v) is 4.60. The average Bonchev–Trinajstić information content (AvgIpc) is 3.31. The first-order valence-corrected chi connectivity index (χ1v) is 10.8. The molecule has 4 rings (SSSR count). The summed E-state index contributed by atoms with van der Waals surface area (Å²) in [6.07, 6.45) is 9.37. The number of anilines is 1. The maximum Gasteiger partial charge on any atom is 0.227 e. The summed E-state index contributed by atoms with van der Waals surface area (Å²) in [4.78, 5) is 20.0. The van der Waals surface area contributed by atoms with Crippen LogP contribution >= 0.6 is 0 Å². The highest BCUT2D eigenvalue weighted by atomic mass is 16.1. The molecule has 0 spiro atoms. The lowest BCUT2D eigenvalue weighted by atomic mass is 9.88. The predicted molar refractivity (Wildman–Crippen MR) is 110 cm³/mol. The van der Waals surface area contributed by atoms with Crippen LogP contribution in [-0.2, 0) is 17.9 Å². The van der Waals surface area contributed by atoms with Gasteiger partial charge in [0.2, 0.25) is 5.91 Å². The summed E-state index contributed by atoms with van der Waals surface area (Å²) >= 11 is 0. The van der Waals surface area contributed by atoms with Crippen molar-refractivity contribution in [2.24, 2.45) is 5.92 Å². The Hall–Kier alpha value is -1.88. The van der Waals surface area contributed by atoms with Crippen molar-refractivity contribution in [3.05, 3.63) is 24.0 Å². The van der Waals surface area contributed by atoms with Crippen LogP contribution in [0.25, 0.3) is 11.0 Å². The van der Waals surface area contributed by atoms with Gasteiger partial charge in [0, 0.05) is 18.2 Å². The molecule has 1 aromatic carbocycles. The van der Waals surface area contributed by atoms with Crippen LogP contribution in [0.4, 0.5) is 5.69 Å². The van der Waals surface area contributed by atoms with E-state index in [0.717, 1.165) is 49.4 Å². The predicted octanol–water partition coefficient (Wildman–Crippen LogP) is 4.56. The summed E-state index contributed by atoms with van der Waals surface area (Å²) in [7, 11) is 0. The Kier molecular flexibility index (Phi) is 5.77. The van der Waals surface area contributed by atoms with Gasteiger partial charge in [0.05, 0.1) is 17.6 Å². The summed E-state index contributed by atoms with van der Waals surface area (Å²) in [5.74, 6) is 1.52. The maximum atomic E-state index is 12.6. The second-order valence-corrected chi connectivity index (χ2v) is 8.19. The lowest BCUT2D eigenvalue weighted by Crippen LogP contribution is -2.24. The van der Waals surface area contributed by atoms with E-state index in [1.54, 1.807) is 0 Å². The van der Waals surface area contributed by atoms with Crippen molar-refractivity contribution >= 4 is 22.6 Å². The lowest BCUT2D eigenvalue weighted by molar-refractivity contribution is -0.120. The van der Waals surface area contributed by atoms with Gasteiger partial charge in [-0.3, -0.25) is 9.69 Å².